The van der Waals surface area contributed by atoms with Crippen molar-refractivity contribution in [2.45, 2.75) is 37.9 Å². The molecule has 1 aliphatic carbocycles. The molecule has 1 aromatic heterocycles. The summed E-state index contributed by atoms with van der Waals surface area (Å²) in [5, 5.41) is 7.97. The fraction of sp³-hybridized carbons (Fsp3) is 0.471. The molecule has 1 atom stereocenters. The normalized spacial score (nSPS) is 15.4. The van der Waals surface area contributed by atoms with E-state index in [-0.39, 0.29) is 11.9 Å². The van der Waals surface area contributed by atoms with Crippen LogP contribution in [-0.2, 0) is 4.79 Å². The summed E-state index contributed by atoms with van der Waals surface area (Å²) in [6, 6.07) is 8.19. The fourth-order valence-corrected chi connectivity index (χ4v) is 3.22. The van der Waals surface area contributed by atoms with E-state index in [1.165, 1.54) is 24.6 Å². The molecule has 0 aliphatic heterocycles. The molecule has 1 amide bonds. The summed E-state index contributed by atoms with van der Waals surface area (Å²) < 4.78 is 0. The van der Waals surface area contributed by atoms with Crippen LogP contribution < -0.4 is 10.6 Å². The van der Waals surface area contributed by atoms with E-state index in [4.69, 9.17) is 0 Å². The molecule has 0 unspecified atom stereocenters. The lowest BCUT2D eigenvalue weighted by Gasteiger charge is -2.12. The summed E-state index contributed by atoms with van der Waals surface area (Å²) in [7, 11) is 0. The van der Waals surface area contributed by atoms with Crippen molar-refractivity contribution in [3.05, 3.63) is 24.3 Å². The number of para-hydroxylation sites is 1. The number of benzene rings is 1. The van der Waals surface area contributed by atoms with E-state index >= 15 is 0 Å². The highest BCUT2D eigenvalue weighted by atomic mass is 32.2. The minimum absolute atomic E-state index is 0.0520. The number of amides is 1. The van der Waals surface area contributed by atoms with E-state index in [0.29, 0.717) is 16.8 Å². The van der Waals surface area contributed by atoms with Crippen molar-refractivity contribution >= 4 is 34.4 Å². The molecule has 0 bridgehead atoms. The number of hydrogen-bond donors (Lipinski definition) is 2. The molecule has 6 heteroatoms. The number of fused-ring (bicyclic) bond motifs is 1. The molecule has 23 heavy (non-hydrogen) atoms. The fourth-order valence-electron chi connectivity index (χ4n) is 2.56. The van der Waals surface area contributed by atoms with Gasteiger partial charge in [0.25, 0.3) is 0 Å². The Morgan fingerprint density at radius 2 is 2.13 bits per heavy atom. The molecule has 122 valence electrons. The molecule has 1 heterocycles. The van der Waals surface area contributed by atoms with Crippen LogP contribution in [0.25, 0.3) is 10.9 Å². The highest BCUT2D eigenvalue weighted by Crippen LogP contribution is 2.32. The van der Waals surface area contributed by atoms with Gasteiger partial charge in [0, 0.05) is 18.0 Å². The molecular formula is C17H22N4OS. The third kappa shape index (κ3) is 4.13. The van der Waals surface area contributed by atoms with Crippen LogP contribution in [-0.4, -0.2) is 34.2 Å². The van der Waals surface area contributed by atoms with Gasteiger partial charge in [-0.25, -0.2) is 9.97 Å². The highest BCUT2D eigenvalue weighted by Gasteiger charge is 2.28. The van der Waals surface area contributed by atoms with E-state index in [1.807, 2.05) is 31.2 Å². The topological polar surface area (TPSA) is 66.9 Å². The molecule has 2 N–H and O–H groups in total. The Balaban J connectivity index is 1.68. The molecule has 0 radical (unpaired) electrons. The number of aromatic nitrogens is 2. The summed E-state index contributed by atoms with van der Waals surface area (Å²) in [6.45, 7) is 4.91. The van der Waals surface area contributed by atoms with Crippen LogP contribution >= 0.6 is 11.8 Å². The van der Waals surface area contributed by atoms with Crippen LogP contribution in [0.15, 0.2) is 29.4 Å². The first-order valence-electron chi connectivity index (χ1n) is 8.10. The van der Waals surface area contributed by atoms with Crippen molar-refractivity contribution in [3.63, 3.8) is 0 Å². The smallest absolute Gasteiger partial charge is 0.230 e. The van der Waals surface area contributed by atoms with Crippen molar-refractivity contribution in [2.24, 2.45) is 5.92 Å². The van der Waals surface area contributed by atoms with E-state index in [9.17, 15) is 4.79 Å². The average Bonchev–Trinajstić information content (AvgIpc) is 3.38. The molecule has 1 fully saturated rings. The van der Waals surface area contributed by atoms with Gasteiger partial charge in [0.05, 0.1) is 11.3 Å². The Bertz CT molecular complexity index is 702. The summed E-state index contributed by atoms with van der Waals surface area (Å²) in [5.74, 6) is 1.89. The van der Waals surface area contributed by atoms with E-state index < -0.39 is 0 Å². The number of rotatable bonds is 7. The van der Waals surface area contributed by atoms with Crippen LogP contribution in [0.5, 0.6) is 0 Å². The van der Waals surface area contributed by atoms with Gasteiger partial charge in [-0.05, 0) is 44.7 Å². The minimum Gasteiger partial charge on any atom is -0.370 e. The van der Waals surface area contributed by atoms with Gasteiger partial charge in [-0.3, -0.25) is 4.79 Å². The van der Waals surface area contributed by atoms with Crippen molar-refractivity contribution in [3.8, 4) is 0 Å². The predicted molar refractivity (Wildman–Crippen MR) is 94.8 cm³/mol. The second-order valence-corrected chi connectivity index (χ2v) is 6.83. The summed E-state index contributed by atoms with van der Waals surface area (Å²) in [6.07, 6.45) is 2.46. The maximum absolute atomic E-state index is 12.0. The van der Waals surface area contributed by atoms with E-state index in [2.05, 4.69) is 27.5 Å². The van der Waals surface area contributed by atoms with Gasteiger partial charge < -0.3 is 10.6 Å². The molecule has 1 aliphatic rings. The van der Waals surface area contributed by atoms with Crippen molar-refractivity contribution in [2.75, 3.05) is 17.6 Å². The third-order valence-corrected chi connectivity index (χ3v) is 4.82. The Morgan fingerprint density at radius 1 is 1.35 bits per heavy atom. The first kappa shape index (κ1) is 16.1. The summed E-state index contributed by atoms with van der Waals surface area (Å²) in [5.41, 5.74) is 0.896. The Morgan fingerprint density at radius 3 is 2.87 bits per heavy atom. The first-order valence-corrected chi connectivity index (χ1v) is 9.08. The number of anilines is 1. The molecule has 1 aromatic carbocycles. The first-order chi connectivity index (χ1) is 11.2. The van der Waals surface area contributed by atoms with Gasteiger partial charge in [0.1, 0.15) is 5.82 Å². The minimum atomic E-state index is 0.0520. The van der Waals surface area contributed by atoms with Gasteiger partial charge in [0.15, 0.2) is 5.16 Å². The van der Waals surface area contributed by atoms with Crippen LogP contribution in [0.2, 0.25) is 0 Å². The zero-order valence-electron chi connectivity index (χ0n) is 13.5. The molecule has 2 aromatic rings. The number of carbonyl (C=O) groups excluding carboxylic acids is 1. The van der Waals surface area contributed by atoms with Gasteiger partial charge in [-0.15, -0.1) is 0 Å². The Kier molecular flexibility index (Phi) is 5.00. The van der Waals surface area contributed by atoms with Crippen molar-refractivity contribution in [1.82, 2.24) is 15.3 Å². The number of carbonyl (C=O) groups is 1. The third-order valence-electron chi connectivity index (χ3n) is 3.98. The Hall–Kier alpha value is -1.82. The van der Waals surface area contributed by atoms with Gasteiger partial charge in [-0.1, -0.05) is 23.9 Å². The number of nitrogens with zero attached hydrogens (tertiary/aromatic N) is 2. The molecule has 0 spiro atoms. The predicted octanol–water partition coefficient (Wildman–Crippen LogP) is 3.07. The molecule has 1 saturated carbocycles. The maximum atomic E-state index is 12.0. The van der Waals surface area contributed by atoms with Crippen LogP contribution in [0.1, 0.15) is 26.7 Å². The second-order valence-electron chi connectivity index (χ2n) is 5.88. The van der Waals surface area contributed by atoms with E-state index in [1.54, 1.807) is 0 Å². The Labute approximate surface area is 140 Å². The number of thioether (sulfide) groups is 1. The van der Waals surface area contributed by atoms with Gasteiger partial charge in [-0.2, -0.15) is 0 Å². The molecule has 0 saturated heterocycles. The molecular weight excluding hydrogens is 308 g/mol. The van der Waals surface area contributed by atoms with Crippen LogP contribution in [0, 0.1) is 5.92 Å². The zero-order valence-corrected chi connectivity index (χ0v) is 14.3. The molecule has 3 rings (SSSR count). The maximum Gasteiger partial charge on any atom is 0.230 e. The lowest BCUT2D eigenvalue weighted by molar-refractivity contribution is -0.119. The lowest BCUT2D eigenvalue weighted by atomic mass is 10.2. The lowest BCUT2D eigenvalue weighted by Crippen LogP contribution is -2.35. The standard InChI is InChI=1S/C17H22N4OS/c1-3-18-16-13-6-4-5-7-14(13)20-17(21-16)23-10-15(22)19-11(2)12-8-9-12/h4-7,11-12H,3,8-10H2,1-2H3,(H,19,22)(H,18,20,21)/t11-/m1/s1. The second kappa shape index (κ2) is 7.17. The van der Waals surface area contributed by atoms with E-state index in [0.717, 1.165) is 23.3 Å². The summed E-state index contributed by atoms with van der Waals surface area (Å²) >= 11 is 1.38. The van der Waals surface area contributed by atoms with Crippen molar-refractivity contribution in [1.29, 1.82) is 0 Å². The number of hydrogen-bond acceptors (Lipinski definition) is 5. The summed E-state index contributed by atoms with van der Waals surface area (Å²) in [4.78, 5) is 21.1. The average molecular weight is 330 g/mol. The van der Waals surface area contributed by atoms with Crippen LogP contribution in [0.4, 0.5) is 5.82 Å². The zero-order chi connectivity index (χ0) is 16.2. The quantitative estimate of drug-likeness (QED) is 0.603. The SMILES string of the molecule is CCNc1nc(SCC(=O)N[C@H](C)C2CC2)nc2ccccc12. The molecule has 5 nitrogen and oxygen atoms in total. The highest BCUT2D eigenvalue weighted by molar-refractivity contribution is 7.99. The van der Waals surface area contributed by atoms with Gasteiger partial charge >= 0.3 is 0 Å². The van der Waals surface area contributed by atoms with Gasteiger partial charge in [0.2, 0.25) is 5.91 Å². The monoisotopic (exact) mass is 330 g/mol. The van der Waals surface area contributed by atoms with Crippen LogP contribution in [0.3, 0.4) is 0 Å². The number of nitrogens with one attached hydrogen (secondary N) is 2. The van der Waals surface area contributed by atoms with Crippen molar-refractivity contribution < 1.29 is 4.79 Å². The largest absolute Gasteiger partial charge is 0.370 e.